The summed E-state index contributed by atoms with van der Waals surface area (Å²) in [6.45, 7) is 2.28. The van der Waals surface area contributed by atoms with Crippen LogP contribution in [0.25, 0.3) is 11.1 Å². The van der Waals surface area contributed by atoms with Gasteiger partial charge in [-0.1, -0.05) is 82.9 Å². The molecular weight excluding hydrogens is 339 g/mol. The van der Waals surface area contributed by atoms with Crippen molar-refractivity contribution in [3.05, 3.63) is 48.0 Å². The molecule has 0 amide bonds. The summed E-state index contributed by atoms with van der Waals surface area (Å²) >= 11 is 0. The van der Waals surface area contributed by atoms with Gasteiger partial charge in [0.15, 0.2) is 0 Å². The second kappa shape index (κ2) is 14.1. The van der Waals surface area contributed by atoms with Crippen LogP contribution in [0, 0.1) is 0 Å². The van der Waals surface area contributed by atoms with Gasteiger partial charge in [0.2, 0.25) is 0 Å². The van der Waals surface area contributed by atoms with Crippen molar-refractivity contribution in [2.45, 2.75) is 77.6 Å². The summed E-state index contributed by atoms with van der Waals surface area (Å²) in [4.78, 5) is 0. The molecule has 0 spiro atoms. The minimum absolute atomic E-state index is 0. The maximum absolute atomic E-state index is 6.03. The molecule has 2 nitrogen and oxygen atoms in total. The van der Waals surface area contributed by atoms with Gasteiger partial charge >= 0.3 is 29.6 Å². The summed E-state index contributed by atoms with van der Waals surface area (Å²) in [5.74, 6) is 0. The van der Waals surface area contributed by atoms with Crippen LogP contribution in [-0.4, -0.2) is 29.6 Å². The Morgan fingerprint density at radius 3 is 1.74 bits per heavy atom. The average Bonchev–Trinajstić information content (AvgIpc) is 2.64. The predicted molar refractivity (Wildman–Crippen MR) is 123 cm³/mol. The number of rotatable bonds is 12. The second-order valence-corrected chi connectivity index (χ2v) is 7.47. The number of benzene rings is 2. The summed E-state index contributed by atoms with van der Waals surface area (Å²) in [5, 5.41) is 0. The Hall–Kier alpha value is -0.960. The average molecular weight is 377 g/mol. The van der Waals surface area contributed by atoms with Crippen LogP contribution in [-0.2, 0) is 6.42 Å². The van der Waals surface area contributed by atoms with Crippen LogP contribution in [0.2, 0.25) is 0 Å². The zero-order valence-electron chi connectivity index (χ0n) is 16.5. The summed E-state index contributed by atoms with van der Waals surface area (Å²) in [5.41, 5.74) is 17.4. The van der Waals surface area contributed by atoms with E-state index in [0.29, 0.717) is 0 Å². The second-order valence-electron chi connectivity index (χ2n) is 7.47. The predicted octanol–water partition coefficient (Wildman–Crippen LogP) is 6.33. The van der Waals surface area contributed by atoms with E-state index in [9.17, 15) is 0 Å². The van der Waals surface area contributed by atoms with Crippen LogP contribution in [0.5, 0.6) is 0 Å². The van der Waals surface area contributed by atoms with E-state index in [1.165, 1.54) is 80.9 Å². The molecule has 0 aliphatic heterocycles. The van der Waals surface area contributed by atoms with Gasteiger partial charge in [0, 0.05) is 11.4 Å². The van der Waals surface area contributed by atoms with Gasteiger partial charge in [-0.25, -0.2) is 0 Å². The molecule has 0 heterocycles. The molecule has 0 fully saturated rings. The Bertz CT molecular complexity index is 637. The molecule has 0 aliphatic carbocycles. The molecule has 2 aromatic rings. The van der Waals surface area contributed by atoms with Gasteiger partial charge in [-0.3, -0.25) is 0 Å². The molecule has 0 bridgehead atoms. The van der Waals surface area contributed by atoms with Crippen molar-refractivity contribution in [3.8, 4) is 11.1 Å². The van der Waals surface area contributed by atoms with Crippen LogP contribution >= 0.6 is 0 Å². The van der Waals surface area contributed by atoms with Crippen molar-refractivity contribution in [1.82, 2.24) is 0 Å². The number of anilines is 2. The van der Waals surface area contributed by atoms with E-state index in [4.69, 9.17) is 11.5 Å². The normalized spacial score (nSPS) is 10.6. The van der Waals surface area contributed by atoms with Crippen LogP contribution in [0.4, 0.5) is 11.4 Å². The standard InChI is InChI=1S/C24H36N2.Na.H/c1-2-3-4-5-6-7-8-9-10-11-12-21-19-23(26)17-18-24(21)20-13-15-22(25)16-14-20;;/h13-19H,2-12,25-26H2,1H3;;. The first-order valence-corrected chi connectivity index (χ1v) is 10.4. The first kappa shape index (κ1) is 24.1. The fraction of sp³-hybridized carbons (Fsp3) is 0.500. The number of hydrogen-bond acceptors (Lipinski definition) is 2. The quantitative estimate of drug-likeness (QED) is 0.258. The molecule has 144 valence electrons. The number of aryl methyl sites for hydroxylation is 1. The third-order valence-electron chi connectivity index (χ3n) is 5.15. The molecule has 0 atom stereocenters. The van der Waals surface area contributed by atoms with Gasteiger partial charge < -0.3 is 11.5 Å². The Kier molecular flexibility index (Phi) is 12.6. The molecule has 0 saturated heterocycles. The van der Waals surface area contributed by atoms with Crippen LogP contribution < -0.4 is 11.5 Å². The molecule has 0 saturated carbocycles. The van der Waals surface area contributed by atoms with Crippen molar-refractivity contribution >= 4 is 40.9 Å². The zero-order valence-corrected chi connectivity index (χ0v) is 16.5. The molecule has 3 heteroatoms. The number of nitrogens with two attached hydrogens (primary N) is 2. The van der Waals surface area contributed by atoms with Gasteiger partial charge in [0.25, 0.3) is 0 Å². The molecule has 2 rings (SSSR count). The molecule has 0 unspecified atom stereocenters. The fourth-order valence-corrected chi connectivity index (χ4v) is 3.57. The SMILES string of the molecule is CCCCCCCCCCCCc1cc(N)ccc1-c1ccc(N)cc1.[NaH]. The van der Waals surface area contributed by atoms with Crippen LogP contribution in [0.3, 0.4) is 0 Å². The Labute approximate surface area is 188 Å². The molecule has 4 N–H and O–H groups in total. The van der Waals surface area contributed by atoms with E-state index in [1.54, 1.807) is 0 Å². The summed E-state index contributed by atoms with van der Waals surface area (Å²) in [6.07, 6.45) is 14.8. The van der Waals surface area contributed by atoms with Crippen molar-refractivity contribution in [3.63, 3.8) is 0 Å². The molecule has 0 aliphatic rings. The Balaban J connectivity index is 0.00000364. The van der Waals surface area contributed by atoms with Crippen molar-refractivity contribution in [1.29, 1.82) is 0 Å². The van der Waals surface area contributed by atoms with Gasteiger partial charge in [-0.05, 0) is 53.8 Å². The number of unbranched alkanes of at least 4 members (excludes halogenated alkanes) is 9. The third kappa shape index (κ3) is 9.19. The molecule has 0 aromatic heterocycles. The van der Waals surface area contributed by atoms with E-state index in [2.05, 4.69) is 31.2 Å². The molecule has 2 aromatic carbocycles. The Morgan fingerprint density at radius 1 is 0.630 bits per heavy atom. The first-order valence-electron chi connectivity index (χ1n) is 10.4. The zero-order chi connectivity index (χ0) is 18.6. The van der Waals surface area contributed by atoms with Crippen molar-refractivity contribution in [2.24, 2.45) is 0 Å². The van der Waals surface area contributed by atoms with E-state index >= 15 is 0 Å². The topological polar surface area (TPSA) is 52.0 Å². The summed E-state index contributed by atoms with van der Waals surface area (Å²) in [6, 6.07) is 14.4. The number of nitrogen functional groups attached to an aromatic ring is 2. The summed E-state index contributed by atoms with van der Waals surface area (Å²) in [7, 11) is 0. The number of hydrogen-bond donors (Lipinski definition) is 2. The monoisotopic (exact) mass is 376 g/mol. The van der Waals surface area contributed by atoms with Gasteiger partial charge in [-0.2, -0.15) is 0 Å². The van der Waals surface area contributed by atoms with Crippen molar-refractivity contribution < 1.29 is 0 Å². The van der Waals surface area contributed by atoms with E-state index in [1.807, 2.05) is 18.2 Å². The van der Waals surface area contributed by atoms with Gasteiger partial charge in [-0.15, -0.1) is 0 Å². The van der Waals surface area contributed by atoms with Crippen LogP contribution in [0.1, 0.15) is 76.7 Å². The Morgan fingerprint density at radius 2 is 1.15 bits per heavy atom. The van der Waals surface area contributed by atoms with E-state index in [0.717, 1.165) is 17.8 Å². The first-order chi connectivity index (χ1) is 12.7. The van der Waals surface area contributed by atoms with E-state index < -0.39 is 0 Å². The molecule has 27 heavy (non-hydrogen) atoms. The fourth-order valence-electron chi connectivity index (χ4n) is 3.57. The van der Waals surface area contributed by atoms with Crippen LogP contribution in [0.15, 0.2) is 42.5 Å². The van der Waals surface area contributed by atoms with Gasteiger partial charge in [0.05, 0.1) is 0 Å². The summed E-state index contributed by atoms with van der Waals surface area (Å²) < 4.78 is 0. The maximum atomic E-state index is 6.03. The minimum atomic E-state index is 0. The van der Waals surface area contributed by atoms with E-state index in [-0.39, 0.29) is 29.6 Å². The molecular formula is C24H37N2Na. The third-order valence-corrected chi connectivity index (χ3v) is 5.15. The van der Waals surface area contributed by atoms with Gasteiger partial charge in [0.1, 0.15) is 0 Å². The van der Waals surface area contributed by atoms with Crippen molar-refractivity contribution in [2.75, 3.05) is 11.5 Å². The molecule has 0 radical (unpaired) electrons.